The summed E-state index contributed by atoms with van der Waals surface area (Å²) in [6.45, 7) is 4.22. The SMILES string of the molecule is Oc1ccc(N2CCN(C3CCc4nn(-c5ccccn5)cc4C3)CC2)cc1. The van der Waals surface area contributed by atoms with Crippen LogP contribution in [0.25, 0.3) is 5.82 Å². The molecule has 28 heavy (non-hydrogen) atoms. The van der Waals surface area contributed by atoms with Gasteiger partial charge in [0.25, 0.3) is 0 Å². The lowest BCUT2D eigenvalue weighted by molar-refractivity contribution is 0.169. The van der Waals surface area contributed by atoms with Crippen LogP contribution < -0.4 is 4.90 Å². The van der Waals surface area contributed by atoms with E-state index in [1.165, 1.54) is 23.4 Å². The maximum absolute atomic E-state index is 9.48. The van der Waals surface area contributed by atoms with Gasteiger partial charge in [0.2, 0.25) is 0 Å². The number of anilines is 1. The van der Waals surface area contributed by atoms with E-state index in [0.717, 1.165) is 44.8 Å². The molecule has 0 saturated carbocycles. The maximum Gasteiger partial charge on any atom is 0.153 e. The van der Waals surface area contributed by atoms with Gasteiger partial charge in [0.05, 0.1) is 5.69 Å². The molecule has 1 aliphatic carbocycles. The Morgan fingerprint density at radius 3 is 2.54 bits per heavy atom. The number of nitrogens with zero attached hydrogens (tertiary/aromatic N) is 5. The highest BCUT2D eigenvalue weighted by Gasteiger charge is 2.29. The Balaban J connectivity index is 1.23. The van der Waals surface area contributed by atoms with Crippen molar-refractivity contribution < 1.29 is 5.11 Å². The molecule has 2 aliphatic rings. The monoisotopic (exact) mass is 375 g/mol. The van der Waals surface area contributed by atoms with Crippen LogP contribution in [0.15, 0.2) is 54.9 Å². The third-order valence-corrected chi connectivity index (χ3v) is 5.98. The normalized spacial score (nSPS) is 20.1. The standard InChI is InChI=1S/C22H25N5O/c28-20-7-4-18(5-8-20)25-11-13-26(14-12-25)19-6-9-21-17(15-19)16-27(24-21)22-3-1-2-10-23-22/h1-5,7-8,10,16,19,28H,6,9,11-15H2. The van der Waals surface area contributed by atoms with E-state index in [1.807, 2.05) is 41.2 Å². The minimum Gasteiger partial charge on any atom is -0.508 e. The van der Waals surface area contributed by atoms with Crippen molar-refractivity contribution in [3.8, 4) is 11.6 Å². The van der Waals surface area contributed by atoms with Gasteiger partial charge in [-0.05, 0) is 61.2 Å². The van der Waals surface area contributed by atoms with E-state index >= 15 is 0 Å². The van der Waals surface area contributed by atoms with Crippen LogP contribution in [0.2, 0.25) is 0 Å². The Morgan fingerprint density at radius 2 is 1.79 bits per heavy atom. The van der Waals surface area contributed by atoms with Crippen LogP contribution in [0, 0.1) is 0 Å². The molecule has 1 saturated heterocycles. The number of benzene rings is 1. The van der Waals surface area contributed by atoms with Gasteiger partial charge in [-0.25, -0.2) is 9.67 Å². The Bertz CT molecular complexity index is 929. The van der Waals surface area contributed by atoms with E-state index in [1.54, 1.807) is 12.1 Å². The smallest absolute Gasteiger partial charge is 0.153 e. The van der Waals surface area contributed by atoms with Gasteiger partial charge in [0.1, 0.15) is 5.75 Å². The molecule has 1 aliphatic heterocycles. The van der Waals surface area contributed by atoms with Crippen LogP contribution in [0.3, 0.4) is 0 Å². The summed E-state index contributed by atoms with van der Waals surface area (Å²) in [4.78, 5) is 9.46. The predicted molar refractivity (Wildman–Crippen MR) is 109 cm³/mol. The first-order chi connectivity index (χ1) is 13.8. The number of phenols is 1. The molecular formula is C22H25N5O. The van der Waals surface area contributed by atoms with Crippen LogP contribution in [-0.4, -0.2) is 57.0 Å². The van der Waals surface area contributed by atoms with Crippen LogP contribution >= 0.6 is 0 Å². The molecule has 3 heterocycles. The molecule has 0 bridgehead atoms. The highest BCUT2D eigenvalue weighted by molar-refractivity contribution is 5.49. The Hall–Kier alpha value is -2.86. The molecule has 1 fully saturated rings. The third-order valence-electron chi connectivity index (χ3n) is 5.98. The second-order valence-corrected chi connectivity index (χ2v) is 7.67. The fourth-order valence-electron chi connectivity index (χ4n) is 4.41. The zero-order valence-electron chi connectivity index (χ0n) is 15.9. The summed E-state index contributed by atoms with van der Waals surface area (Å²) in [6, 6.07) is 14.1. The molecule has 0 radical (unpaired) electrons. The molecule has 1 atom stereocenters. The van der Waals surface area contributed by atoms with E-state index < -0.39 is 0 Å². The number of aromatic hydroxyl groups is 1. The molecule has 144 valence electrons. The van der Waals surface area contributed by atoms with Crippen LogP contribution in [0.5, 0.6) is 5.75 Å². The third kappa shape index (κ3) is 3.36. The predicted octanol–water partition coefficient (Wildman–Crippen LogP) is 2.65. The zero-order chi connectivity index (χ0) is 18.9. The number of hydrogen-bond donors (Lipinski definition) is 1. The number of aryl methyl sites for hydroxylation is 1. The van der Waals surface area contributed by atoms with Gasteiger partial charge < -0.3 is 10.0 Å². The molecule has 3 aromatic rings. The second-order valence-electron chi connectivity index (χ2n) is 7.67. The van der Waals surface area contributed by atoms with E-state index in [2.05, 4.69) is 21.0 Å². The molecule has 1 unspecified atom stereocenters. The van der Waals surface area contributed by atoms with Crippen LogP contribution in [0.1, 0.15) is 17.7 Å². The average molecular weight is 375 g/mol. The summed E-state index contributed by atoms with van der Waals surface area (Å²) in [5.74, 6) is 1.21. The molecule has 0 amide bonds. The summed E-state index contributed by atoms with van der Waals surface area (Å²) in [5, 5.41) is 14.3. The van der Waals surface area contributed by atoms with E-state index in [0.29, 0.717) is 11.8 Å². The van der Waals surface area contributed by atoms with Gasteiger partial charge in [-0.3, -0.25) is 4.90 Å². The lowest BCUT2D eigenvalue weighted by Crippen LogP contribution is -2.51. The van der Waals surface area contributed by atoms with Crippen LogP contribution in [-0.2, 0) is 12.8 Å². The van der Waals surface area contributed by atoms with Crippen LogP contribution in [0.4, 0.5) is 5.69 Å². The Morgan fingerprint density at radius 1 is 0.964 bits per heavy atom. The Kier molecular flexibility index (Phi) is 4.49. The minimum atomic E-state index is 0.326. The van der Waals surface area contributed by atoms with E-state index in [9.17, 15) is 5.11 Å². The average Bonchev–Trinajstić information content (AvgIpc) is 3.19. The zero-order valence-corrected chi connectivity index (χ0v) is 15.9. The molecule has 5 rings (SSSR count). The number of piperazine rings is 1. The number of fused-ring (bicyclic) bond motifs is 1. The van der Waals surface area contributed by atoms with Gasteiger partial charge in [0.15, 0.2) is 5.82 Å². The van der Waals surface area contributed by atoms with Crippen molar-refractivity contribution in [3.05, 3.63) is 66.1 Å². The summed E-state index contributed by atoms with van der Waals surface area (Å²) in [7, 11) is 0. The van der Waals surface area contributed by atoms with E-state index in [4.69, 9.17) is 5.10 Å². The molecule has 2 aromatic heterocycles. The fourth-order valence-corrected chi connectivity index (χ4v) is 4.41. The number of rotatable bonds is 3. The van der Waals surface area contributed by atoms with Crippen molar-refractivity contribution in [2.45, 2.75) is 25.3 Å². The molecule has 6 heteroatoms. The molecule has 1 aromatic carbocycles. The van der Waals surface area contributed by atoms with Gasteiger partial charge in [-0.15, -0.1) is 0 Å². The van der Waals surface area contributed by atoms with Crippen molar-refractivity contribution in [1.29, 1.82) is 0 Å². The topological polar surface area (TPSA) is 57.4 Å². The number of phenolic OH excluding ortho intramolecular Hbond substituents is 1. The van der Waals surface area contributed by atoms with Crippen molar-refractivity contribution in [1.82, 2.24) is 19.7 Å². The van der Waals surface area contributed by atoms with Crippen molar-refractivity contribution in [3.63, 3.8) is 0 Å². The van der Waals surface area contributed by atoms with Gasteiger partial charge in [-0.1, -0.05) is 6.07 Å². The maximum atomic E-state index is 9.48. The lowest BCUT2D eigenvalue weighted by Gasteiger charge is -2.41. The van der Waals surface area contributed by atoms with Gasteiger partial charge in [0, 0.05) is 50.3 Å². The summed E-state index contributed by atoms with van der Waals surface area (Å²) < 4.78 is 1.93. The largest absolute Gasteiger partial charge is 0.508 e. The molecule has 6 nitrogen and oxygen atoms in total. The van der Waals surface area contributed by atoms with Gasteiger partial charge in [-0.2, -0.15) is 5.10 Å². The quantitative estimate of drug-likeness (QED) is 0.763. The summed E-state index contributed by atoms with van der Waals surface area (Å²) >= 11 is 0. The first-order valence-electron chi connectivity index (χ1n) is 10.0. The van der Waals surface area contributed by atoms with Crippen molar-refractivity contribution in [2.24, 2.45) is 0 Å². The first kappa shape index (κ1) is 17.3. The summed E-state index contributed by atoms with van der Waals surface area (Å²) in [5.41, 5.74) is 3.78. The number of pyridine rings is 1. The van der Waals surface area contributed by atoms with Crippen molar-refractivity contribution in [2.75, 3.05) is 31.1 Å². The minimum absolute atomic E-state index is 0.326. The molecule has 1 N–H and O–H groups in total. The van der Waals surface area contributed by atoms with Crippen molar-refractivity contribution >= 4 is 5.69 Å². The highest BCUT2D eigenvalue weighted by atomic mass is 16.3. The number of hydrogen-bond acceptors (Lipinski definition) is 5. The fraction of sp³-hybridized carbons (Fsp3) is 0.364. The first-order valence-corrected chi connectivity index (χ1v) is 10.0. The van der Waals surface area contributed by atoms with Gasteiger partial charge >= 0.3 is 0 Å². The van der Waals surface area contributed by atoms with E-state index in [-0.39, 0.29) is 0 Å². The molecule has 0 spiro atoms. The molecular weight excluding hydrogens is 350 g/mol. The number of aromatic nitrogens is 3. The Labute approximate surface area is 165 Å². The lowest BCUT2D eigenvalue weighted by atomic mass is 9.92. The highest BCUT2D eigenvalue weighted by Crippen LogP contribution is 2.27. The second kappa shape index (κ2) is 7.28. The summed E-state index contributed by atoms with van der Waals surface area (Å²) in [6.07, 6.45) is 7.26.